The van der Waals surface area contributed by atoms with E-state index >= 15 is 0 Å². The molecule has 3 aromatic rings. The number of rotatable bonds is 4. The maximum Gasteiger partial charge on any atom is 0.251 e. The van der Waals surface area contributed by atoms with Gasteiger partial charge in [-0.2, -0.15) is 0 Å². The summed E-state index contributed by atoms with van der Waals surface area (Å²) in [5.74, 6) is 0.899. The molecule has 0 unspecified atom stereocenters. The molecule has 10 heteroatoms. The molecule has 0 radical (unpaired) electrons. The number of fused-ring (bicyclic) bond motifs is 1. The van der Waals surface area contributed by atoms with Crippen LogP contribution in [-0.2, 0) is 4.74 Å². The van der Waals surface area contributed by atoms with Crippen molar-refractivity contribution in [2.75, 3.05) is 12.3 Å². The summed E-state index contributed by atoms with van der Waals surface area (Å²) >= 11 is 0. The Kier molecular flexibility index (Phi) is 4.17. The Morgan fingerprint density at radius 1 is 1.15 bits per heavy atom. The molecule has 3 heterocycles. The number of benzene rings is 1. The first-order valence-corrected chi connectivity index (χ1v) is 8.03. The lowest BCUT2D eigenvalue weighted by Crippen LogP contribution is -2.35. The van der Waals surface area contributed by atoms with Crippen LogP contribution >= 0.6 is 0 Å². The van der Waals surface area contributed by atoms with E-state index in [0.29, 0.717) is 16.8 Å². The zero-order valence-corrected chi connectivity index (χ0v) is 13.6. The number of para-hydroxylation sites is 1. The van der Waals surface area contributed by atoms with E-state index in [2.05, 4.69) is 15.1 Å². The van der Waals surface area contributed by atoms with Crippen molar-refractivity contribution in [2.24, 2.45) is 5.73 Å². The van der Waals surface area contributed by atoms with Gasteiger partial charge in [-0.25, -0.2) is 14.6 Å². The Morgan fingerprint density at radius 3 is 2.62 bits per heavy atom. The topological polar surface area (TPSA) is 155 Å². The van der Waals surface area contributed by atoms with Crippen molar-refractivity contribution >= 4 is 16.9 Å². The molecule has 0 spiro atoms. The van der Waals surface area contributed by atoms with Crippen molar-refractivity contribution in [3.05, 3.63) is 36.7 Å². The third kappa shape index (κ3) is 2.65. The number of nitrogens with zero attached hydrogens (tertiary/aromatic N) is 4. The Morgan fingerprint density at radius 2 is 1.92 bits per heavy atom. The van der Waals surface area contributed by atoms with Crippen LogP contribution in [0.5, 0.6) is 11.6 Å². The highest BCUT2D eigenvalue weighted by atomic mass is 16.6. The van der Waals surface area contributed by atoms with E-state index in [0.717, 1.165) is 0 Å². The fraction of sp³-hybridized carbons (Fsp3) is 0.312. The third-order valence-corrected chi connectivity index (χ3v) is 4.25. The number of ether oxygens (including phenoxy) is 2. The Balaban J connectivity index is 1.80. The predicted octanol–water partition coefficient (Wildman–Crippen LogP) is -0.221. The fourth-order valence-corrected chi connectivity index (χ4v) is 2.94. The molecular formula is C16H18N6O4. The summed E-state index contributed by atoms with van der Waals surface area (Å²) in [6.07, 6.45) is -2.79. The van der Waals surface area contributed by atoms with Gasteiger partial charge in [0.05, 0.1) is 0 Å². The lowest BCUT2D eigenvalue weighted by molar-refractivity contribution is -0.0397. The summed E-state index contributed by atoms with van der Waals surface area (Å²) in [6.45, 7) is 0.0540. The minimum absolute atomic E-state index is 0.0540. The van der Waals surface area contributed by atoms with E-state index < -0.39 is 24.5 Å². The largest absolute Gasteiger partial charge is 0.437 e. The lowest BCUT2D eigenvalue weighted by atomic mass is 10.1. The van der Waals surface area contributed by atoms with Gasteiger partial charge >= 0.3 is 0 Å². The van der Waals surface area contributed by atoms with Crippen LogP contribution in [0.15, 0.2) is 36.7 Å². The molecule has 26 heavy (non-hydrogen) atoms. The van der Waals surface area contributed by atoms with E-state index in [1.54, 1.807) is 12.1 Å². The van der Waals surface area contributed by atoms with Crippen LogP contribution in [0.2, 0.25) is 0 Å². The number of hydrogen-bond donors (Lipinski definition) is 4. The summed E-state index contributed by atoms with van der Waals surface area (Å²) in [6, 6.07) is 9.03. The minimum Gasteiger partial charge on any atom is -0.437 e. The first-order chi connectivity index (χ1) is 12.6. The highest BCUT2D eigenvalue weighted by Crippen LogP contribution is 2.36. The minimum atomic E-state index is -1.23. The summed E-state index contributed by atoms with van der Waals surface area (Å²) in [7, 11) is 0. The maximum absolute atomic E-state index is 10.3. The van der Waals surface area contributed by atoms with Crippen molar-refractivity contribution in [3.63, 3.8) is 0 Å². The number of anilines is 1. The van der Waals surface area contributed by atoms with Crippen molar-refractivity contribution in [2.45, 2.75) is 24.5 Å². The van der Waals surface area contributed by atoms with Crippen molar-refractivity contribution in [3.8, 4) is 11.6 Å². The van der Waals surface area contributed by atoms with Gasteiger partial charge in [-0.1, -0.05) is 18.2 Å². The van der Waals surface area contributed by atoms with Gasteiger partial charge in [0.1, 0.15) is 41.6 Å². The second kappa shape index (κ2) is 6.50. The first-order valence-electron chi connectivity index (χ1n) is 8.03. The van der Waals surface area contributed by atoms with Gasteiger partial charge in [0, 0.05) is 6.54 Å². The molecule has 1 aromatic carbocycles. The number of aliphatic hydroxyl groups excluding tert-OH is 2. The molecule has 0 saturated carbocycles. The Bertz CT molecular complexity index is 918. The van der Waals surface area contributed by atoms with Gasteiger partial charge in [-0.15, -0.1) is 5.10 Å². The summed E-state index contributed by atoms with van der Waals surface area (Å²) in [4.78, 5) is 8.16. The second-order valence-corrected chi connectivity index (χ2v) is 5.90. The summed E-state index contributed by atoms with van der Waals surface area (Å²) in [5, 5.41) is 25.1. The van der Waals surface area contributed by atoms with E-state index in [1.165, 1.54) is 11.0 Å². The molecule has 2 aromatic heterocycles. The number of hydrogen-bond acceptors (Lipinski definition) is 9. The molecule has 4 rings (SSSR count). The average Bonchev–Trinajstić information content (AvgIpc) is 3.15. The zero-order chi connectivity index (χ0) is 18.3. The zero-order valence-electron chi connectivity index (χ0n) is 13.6. The predicted molar refractivity (Wildman–Crippen MR) is 91.2 cm³/mol. The van der Waals surface area contributed by atoms with Crippen molar-refractivity contribution < 1.29 is 19.7 Å². The first kappa shape index (κ1) is 16.7. The van der Waals surface area contributed by atoms with Crippen molar-refractivity contribution in [1.29, 1.82) is 0 Å². The quantitative estimate of drug-likeness (QED) is 0.495. The van der Waals surface area contributed by atoms with Crippen LogP contribution in [-0.4, -0.2) is 54.8 Å². The van der Waals surface area contributed by atoms with E-state index in [-0.39, 0.29) is 18.2 Å². The number of nitrogen functional groups attached to an aromatic ring is 1. The third-order valence-electron chi connectivity index (χ3n) is 4.25. The SMILES string of the molecule is NC[C@H]1O[C@@H](n2nc(Oc3ccccc3)c3c(N)ncnc32)[C@H](O)[C@@H]1O. The normalized spacial score (nSPS) is 25.7. The Labute approximate surface area is 148 Å². The van der Waals surface area contributed by atoms with E-state index in [9.17, 15) is 10.2 Å². The fourth-order valence-electron chi connectivity index (χ4n) is 2.94. The molecule has 0 aliphatic carbocycles. The molecule has 10 nitrogen and oxygen atoms in total. The molecule has 1 saturated heterocycles. The van der Waals surface area contributed by atoms with Gasteiger partial charge in [0.15, 0.2) is 11.9 Å². The standard InChI is InChI=1S/C16H18N6O4/c17-6-9-11(23)12(24)16(26-9)22-14-10(13(18)19-7-20-14)15(21-22)25-8-4-2-1-3-5-8/h1-5,7,9,11-12,16,23-24H,6,17H2,(H2,18,19,20)/t9-,11-,12-,16-/m1/s1. The van der Waals surface area contributed by atoms with Gasteiger partial charge in [0.25, 0.3) is 5.88 Å². The van der Waals surface area contributed by atoms with Crippen LogP contribution < -0.4 is 16.2 Å². The van der Waals surface area contributed by atoms with Crippen LogP contribution in [0.3, 0.4) is 0 Å². The number of aliphatic hydroxyl groups is 2. The maximum atomic E-state index is 10.3. The van der Waals surface area contributed by atoms with Gasteiger partial charge in [0.2, 0.25) is 0 Å². The smallest absolute Gasteiger partial charge is 0.251 e. The summed E-state index contributed by atoms with van der Waals surface area (Å²) < 4.78 is 12.8. The molecule has 136 valence electrons. The molecule has 6 N–H and O–H groups in total. The van der Waals surface area contributed by atoms with E-state index in [4.69, 9.17) is 20.9 Å². The molecule has 1 aliphatic rings. The molecule has 4 atom stereocenters. The van der Waals surface area contributed by atoms with Gasteiger partial charge in [-0.05, 0) is 12.1 Å². The molecule has 0 amide bonds. The Hall–Kier alpha value is -2.79. The van der Waals surface area contributed by atoms with Crippen LogP contribution in [0.4, 0.5) is 5.82 Å². The number of nitrogens with two attached hydrogens (primary N) is 2. The monoisotopic (exact) mass is 358 g/mol. The second-order valence-electron chi connectivity index (χ2n) is 5.90. The molecular weight excluding hydrogens is 340 g/mol. The molecule has 1 fully saturated rings. The lowest BCUT2D eigenvalue weighted by Gasteiger charge is -2.15. The van der Waals surface area contributed by atoms with E-state index in [1.807, 2.05) is 18.2 Å². The van der Waals surface area contributed by atoms with Crippen molar-refractivity contribution in [1.82, 2.24) is 19.7 Å². The number of aromatic nitrogens is 4. The van der Waals surface area contributed by atoms with Gasteiger partial charge < -0.3 is 31.2 Å². The molecule has 1 aliphatic heterocycles. The highest BCUT2D eigenvalue weighted by molar-refractivity contribution is 5.90. The van der Waals surface area contributed by atoms with Crippen LogP contribution in [0, 0.1) is 0 Å². The van der Waals surface area contributed by atoms with Crippen LogP contribution in [0.1, 0.15) is 6.23 Å². The summed E-state index contributed by atoms with van der Waals surface area (Å²) in [5.41, 5.74) is 11.9. The average molecular weight is 358 g/mol. The highest BCUT2D eigenvalue weighted by Gasteiger charge is 2.44. The van der Waals surface area contributed by atoms with Gasteiger partial charge in [-0.3, -0.25) is 0 Å². The molecule has 0 bridgehead atoms. The van der Waals surface area contributed by atoms with Crippen LogP contribution in [0.25, 0.3) is 11.0 Å².